The lowest BCUT2D eigenvalue weighted by molar-refractivity contribution is -0.128. The van der Waals surface area contributed by atoms with Gasteiger partial charge in [-0.05, 0) is 42.3 Å². The highest BCUT2D eigenvalue weighted by molar-refractivity contribution is 6.09. The van der Waals surface area contributed by atoms with E-state index in [4.69, 9.17) is 5.26 Å². The van der Waals surface area contributed by atoms with E-state index < -0.39 is 29.2 Å². The van der Waals surface area contributed by atoms with E-state index >= 15 is 0 Å². The second kappa shape index (κ2) is 7.92. The normalized spacial score (nSPS) is 11.4. The van der Waals surface area contributed by atoms with E-state index in [1.807, 2.05) is 0 Å². The van der Waals surface area contributed by atoms with Gasteiger partial charge in [-0.3, -0.25) is 9.59 Å². The summed E-state index contributed by atoms with van der Waals surface area (Å²) in [5, 5.41) is 11.4. The van der Waals surface area contributed by atoms with Crippen LogP contribution in [0.1, 0.15) is 12.0 Å². The van der Waals surface area contributed by atoms with Crippen molar-refractivity contribution in [1.29, 1.82) is 5.26 Å². The average molecular weight is 329 g/mol. The lowest BCUT2D eigenvalue weighted by atomic mass is 9.98. The molecule has 0 aliphatic carbocycles. The maximum Gasteiger partial charge on any atom is 0.250 e. The molecule has 0 radical (unpaired) electrons. The SMILES string of the molecule is N#C[C@@H](C(=O)CCc1cc(F)ccc1F)C(=O)Nc1ccccn1. The number of ketones is 1. The van der Waals surface area contributed by atoms with Crippen molar-refractivity contribution in [2.45, 2.75) is 12.8 Å². The second-order valence-electron chi connectivity index (χ2n) is 4.97. The van der Waals surface area contributed by atoms with Gasteiger partial charge in [0.2, 0.25) is 0 Å². The molecule has 1 amide bonds. The molecule has 0 aliphatic heterocycles. The quantitative estimate of drug-likeness (QED) is 0.826. The van der Waals surface area contributed by atoms with E-state index in [-0.39, 0.29) is 24.2 Å². The van der Waals surface area contributed by atoms with Crippen molar-refractivity contribution in [2.24, 2.45) is 5.92 Å². The molecule has 1 heterocycles. The van der Waals surface area contributed by atoms with E-state index in [2.05, 4.69) is 10.3 Å². The molecule has 0 saturated heterocycles. The smallest absolute Gasteiger partial charge is 0.250 e. The van der Waals surface area contributed by atoms with Crippen LogP contribution in [0, 0.1) is 28.9 Å². The van der Waals surface area contributed by atoms with Crippen LogP contribution in [0.3, 0.4) is 0 Å². The van der Waals surface area contributed by atoms with E-state index in [1.54, 1.807) is 18.2 Å². The molecule has 2 aromatic rings. The number of aryl methyl sites for hydroxylation is 1. The highest BCUT2D eigenvalue weighted by Gasteiger charge is 2.26. The third-order valence-electron chi connectivity index (χ3n) is 3.28. The first-order valence-electron chi connectivity index (χ1n) is 7.09. The fraction of sp³-hybridized carbons (Fsp3) is 0.176. The number of nitriles is 1. The van der Waals surface area contributed by atoms with Crippen LogP contribution in [0.5, 0.6) is 0 Å². The summed E-state index contributed by atoms with van der Waals surface area (Å²) < 4.78 is 26.6. The maximum absolute atomic E-state index is 13.5. The van der Waals surface area contributed by atoms with Crippen LogP contribution in [-0.2, 0) is 16.0 Å². The van der Waals surface area contributed by atoms with Crippen molar-refractivity contribution in [3.63, 3.8) is 0 Å². The fourth-order valence-electron chi connectivity index (χ4n) is 2.05. The standard InChI is InChI=1S/C17H13F2N3O2/c18-12-5-6-14(19)11(9-12)4-7-15(23)13(10-20)17(24)22-16-3-1-2-8-21-16/h1-3,5-6,8-9,13H,4,7H2,(H,21,22,24)/t13-/m0/s1. The molecule has 5 nitrogen and oxygen atoms in total. The molecule has 0 saturated carbocycles. The van der Waals surface area contributed by atoms with Crippen molar-refractivity contribution in [1.82, 2.24) is 4.98 Å². The van der Waals surface area contributed by atoms with Gasteiger partial charge in [-0.1, -0.05) is 6.07 Å². The van der Waals surface area contributed by atoms with Crippen LogP contribution >= 0.6 is 0 Å². The van der Waals surface area contributed by atoms with Gasteiger partial charge >= 0.3 is 0 Å². The van der Waals surface area contributed by atoms with Crippen LogP contribution in [0.2, 0.25) is 0 Å². The monoisotopic (exact) mass is 329 g/mol. The third kappa shape index (κ3) is 4.43. The van der Waals surface area contributed by atoms with Gasteiger partial charge in [-0.2, -0.15) is 5.26 Å². The lowest BCUT2D eigenvalue weighted by Crippen LogP contribution is -2.29. The van der Waals surface area contributed by atoms with Gasteiger partial charge in [0, 0.05) is 12.6 Å². The van der Waals surface area contributed by atoms with Gasteiger partial charge in [0.1, 0.15) is 17.5 Å². The van der Waals surface area contributed by atoms with Gasteiger partial charge < -0.3 is 5.32 Å². The molecule has 24 heavy (non-hydrogen) atoms. The molecule has 1 aromatic carbocycles. The Labute approximate surface area is 136 Å². The zero-order valence-electron chi connectivity index (χ0n) is 12.5. The Morgan fingerprint density at radius 2 is 2.04 bits per heavy atom. The molecule has 0 spiro atoms. The van der Waals surface area contributed by atoms with Gasteiger partial charge in [0.25, 0.3) is 5.91 Å². The summed E-state index contributed by atoms with van der Waals surface area (Å²) in [6.07, 6.45) is 1.09. The molecular formula is C17H13F2N3O2. The highest BCUT2D eigenvalue weighted by Crippen LogP contribution is 2.14. The van der Waals surface area contributed by atoms with Gasteiger partial charge in [-0.25, -0.2) is 13.8 Å². The predicted molar refractivity (Wildman–Crippen MR) is 81.7 cm³/mol. The molecule has 1 atom stereocenters. The number of Topliss-reactive ketones (excluding diaryl/α,β-unsaturated/α-hetero) is 1. The number of halogens is 2. The number of anilines is 1. The van der Waals surface area contributed by atoms with Crippen LogP contribution < -0.4 is 5.32 Å². The van der Waals surface area contributed by atoms with Gasteiger partial charge in [-0.15, -0.1) is 0 Å². The number of pyridine rings is 1. The van der Waals surface area contributed by atoms with E-state index in [0.717, 1.165) is 18.2 Å². The van der Waals surface area contributed by atoms with Crippen LogP contribution in [0.4, 0.5) is 14.6 Å². The summed E-state index contributed by atoms with van der Waals surface area (Å²) in [4.78, 5) is 27.9. The van der Waals surface area contributed by atoms with Crippen molar-refractivity contribution >= 4 is 17.5 Å². The first-order valence-corrected chi connectivity index (χ1v) is 7.09. The molecule has 0 fully saturated rings. The van der Waals surface area contributed by atoms with Crippen LogP contribution in [0.25, 0.3) is 0 Å². The van der Waals surface area contributed by atoms with Crippen LogP contribution in [0.15, 0.2) is 42.6 Å². The molecular weight excluding hydrogens is 316 g/mol. The summed E-state index contributed by atoms with van der Waals surface area (Å²) in [6.45, 7) is 0. The van der Waals surface area contributed by atoms with Crippen molar-refractivity contribution in [3.05, 3.63) is 59.8 Å². The minimum Gasteiger partial charge on any atom is -0.309 e. The van der Waals surface area contributed by atoms with Crippen molar-refractivity contribution in [2.75, 3.05) is 5.32 Å². The Balaban J connectivity index is 2.00. The Bertz CT molecular complexity index is 788. The Morgan fingerprint density at radius 3 is 2.71 bits per heavy atom. The summed E-state index contributed by atoms with van der Waals surface area (Å²) in [7, 11) is 0. The number of amides is 1. The Kier molecular flexibility index (Phi) is 5.68. The van der Waals surface area contributed by atoms with Crippen LogP contribution in [-0.4, -0.2) is 16.7 Å². The van der Waals surface area contributed by atoms with Gasteiger partial charge in [0.05, 0.1) is 6.07 Å². The van der Waals surface area contributed by atoms with Gasteiger partial charge in [0.15, 0.2) is 11.7 Å². The summed E-state index contributed by atoms with van der Waals surface area (Å²) in [5.74, 6) is -4.06. The number of rotatable bonds is 6. The fourth-order valence-corrected chi connectivity index (χ4v) is 2.05. The zero-order valence-corrected chi connectivity index (χ0v) is 12.5. The molecule has 122 valence electrons. The number of hydrogen-bond acceptors (Lipinski definition) is 4. The second-order valence-corrected chi connectivity index (χ2v) is 4.97. The lowest BCUT2D eigenvalue weighted by Gasteiger charge is -2.09. The number of carbonyl (C=O) groups is 2. The predicted octanol–water partition coefficient (Wildman–Crippen LogP) is 2.64. The summed E-state index contributed by atoms with van der Waals surface area (Å²) >= 11 is 0. The first-order chi connectivity index (χ1) is 11.5. The molecule has 1 aromatic heterocycles. The molecule has 1 N–H and O–H groups in total. The highest BCUT2D eigenvalue weighted by atomic mass is 19.1. The minimum atomic E-state index is -1.54. The number of nitrogens with zero attached hydrogens (tertiary/aromatic N) is 2. The zero-order chi connectivity index (χ0) is 17.5. The number of nitrogens with one attached hydrogen (secondary N) is 1. The first kappa shape index (κ1) is 17.2. The topological polar surface area (TPSA) is 82.8 Å². The Hall–Kier alpha value is -3.14. The largest absolute Gasteiger partial charge is 0.309 e. The summed E-state index contributed by atoms with van der Waals surface area (Å²) in [5.41, 5.74) is 0.0187. The average Bonchev–Trinajstić information content (AvgIpc) is 2.57. The molecule has 7 heteroatoms. The maximum atomic E-state index is 13.5. The van der Waals surface area contributed by atoms with Crippen molar-refractivity contribution < 1.29 is 18.4 Å². The number of carbonyl (C=O) groups excluding carboxylic acids is 2. The minimum absolute atomic E-state index is 0.0187. The van der Waals surface area contributed by atoms with E-state index in [0.29, 0.717) is 0 Å². The summed E-state index contributed by atoms with van der Waals surface area (Å²) in [6, 6.07) is 9.34. The molecule has 0 unspecified atom stereocenters. The molecule has 2 rings (SSSR count). The van der Waals surface area contributed by atoms with Crippen molar-refractivity contribution in [3.8, 4) is 6.07 Å². The Morgan fingerprint density at radius 1 is 1.25 bits per heavy atom. The third-order valence-corrected chi connectivity index (χ3v) is 3.28. The van der Waals surface area contributed by atoms with E-state index in [9.17, 15) is 18.4 Å². The van der Waals surface area contributed by atoms with E-state index in [1.165, 1.54) is 12.3 Å². The number of aromatic nitrogens is 1. The number of benzene rings is 1. The molecule has 0 bridgehead atoms. The molecule has 0 aliphatic rings. The number of hydrogen-bond donors (Lipinski definition) is 1.